The van der Waals surface area contributed by atoms with E-state index in [0.29, 0.717) is 19.3 Å². The van der Waals surface area contributed by atoms with Crippen molar-refractivity contribution in [3.8, 4) is 22.8 Å². The van der Waals surface area contributed by atoms with Crippen molar-refractivity contribution < 1.29 is 9.47 Å². The lowest BCUT2D eigenvalue weighted by molar-refractivity contribution is 0.297. The van der Waals surface area contributed by atoms with Crippen LogP contribution in [0.15, 0.2) is 24.4 Å². The molecule has 0 bridgehead atoms. The molecular weight excluding hydrogens is 302 g/mol. The molecule has 1 saturated carbocycles. The van der Waals surface area contributed by atoms with Gasteiger partial charge in [0.1, 0.15) is 0 Å². The second kappa shape index (κ2) is 6.85. The minimum Gasteiger partial charge on any atom is -0.490 e. The van der Waals surface area contributed by atoms with E-state index >= 15 is 0 Å². The van der Waals surface area contributed by atoms with Gasteiger partial charge in [0.15, 0.2) is 11.5 Å². The summed E-state index contributed by atoms with van der Waals surface area (Å²) in [6.07, 6.45) is 8.31. The Bertz CT molecular complexity index is 705. The summed E-state index contributed by atoms with van der Waals surface area (Å²) in [5, 5.41) is 8.36. The van der Waals surface area contributed by atoms with Gasteiger partial charge in [-0.2, -0.15) is 5.10 Å². The van der Waals surface area contributed by atoms with E-state index in [0.717, 1.165) is 35.7 Å². The Morgan fingerprint density at radius 2 is 1.92 bits per heavy atom. The molecule has 1 N–H and O–H groups in total. The van der Waals surface area contributed by atoms with Crippen LogP contribution in [-0.4, -0.2) is 29.0 Å². The lowest BCUT2D eigenvalue weighted by Crippen LogP contribution is -2.25. The molecular formula is C19H25N3O2. The Hall–Kier alpha value is -2.01. The molecule has 2 aliphatic rings. The molecule has 2 heterocycles. The van der Waals surface area contributed by atoms with Crippen LogP contribution in [0.5, 0.6) is 11.5 Å². The molecule has 0 amide bonds. The first-order valence-electron chi connectivity index (χ1n) is 8.95. The predicted octanol–water partition coefficient (Wildman–Crippen LogP) is 3.28. The molecule has 1 fully saturated rings. The molecule has 1 aromatic heterocycles. The number of benzene rings is 1. The maximum atomic E-state index is 5.82. The number of nitrogens with one attached hydrogen (secondary N) is 1. The van der Waals surface area contributed by atoms with E-state index in [1.165, 1.54) is 31.2 Å². The third kappa shape index (κ3) is 3.26. The Balaban J connectivity index is 1.58. The third-order valence-electron chi connectivity index (χ3n) is 4.86. The van der Waals surface area contributed by atoms with Crippen molar-refractivity contribution >= 4 is 0 Å². The van der Waals surface area contributed by atoms with Crippen LogP contribution in [0.4, 0.5) is 0 Å². The lowest BCUT2D eigenvalue weighted by atomic mass is 10.1. The van der Waals surface area contributed by atoms with E-state index in [2.05, 4.69) is 28.7 Å². The van der Waals surface area contributed by atoms with Crippen molar-refractivity contribution in [2.24, 2.45) is 7.05 Å². The summed E-state index contributed by atoms with van der Waals surface area (Å²) in [7, 11) is 1.98. The Morgan fingerprint density at radius 1 is 1.12 bits per heavy atom. The topological polar surface area (TPSA) is 48.3 Å². The molecule has 2 aromatic rings. The van der Waals surface area contributed by atoms with Crippen LogP contribution < -0.4 is 14.8 Å². The molecule has 5 nitrogen and oxygen atoms in total. The van der Waals surface area contributed by atoms with Crippen LogP contribution in [0.1, 0.15) is 37.7 Å². The highest BCUT2D eigenvalue weighted by Crippen LogP contribution is 2.34. The molecule has 0 spiro atoms. The molecule has 0 unspecified atom stereocenters. The fraction of sp³-hybridized carbons (Fsp3) is 0.526. The van der Waals surface area contributed by atoms with E-state index in [-0.39, 0.29) is 0 Å². The van der Waals surface area contributed by atoms with Crippen molar-refractivity contribution in [3.05, 3.63) is 30.0 Å². The summed E-state index contributed by atoms with van der Waals surface area (Å²) in [4.78, 5) is 0. The Labute approximate surface area is 143 Å². The highest BCUT2D eigenvalue weighted by molar-refractivity contribution is 5.66. The summed E-state index contributed by atoms with van der Waals surface area (Å²) in [6, 6.07) is 6.79. The van der Waals surface area contributed by atoms with Gasteiger partial charge in [0.2, 0.25) is 0 Å². The number of aryl methyl sites for hydroxylation is 1. The lowest BCUT2D eigenvalue weighted by Gasteiger charge is -2.12. The predicted molar refractivity (Wildman–Crippen MR) is 93.3 cm³/mol. The van der Waals surface area contributed by atoms with Crippen LogP contribution in [0, 0.1) is 0 Å². The molecule has 1 aromatic carbocycles. The summed E-state index contributed by atoms with van der Waals surface area (Å²) in [5.41, 5.74) is 3.35. The van der Waals surface area contributed by atoms with Gasteiger partial charge in [-0.15, -0.1) is 0 Å². The van der Waals surface area contributed by atoms with Crippen LogP contribution in [0.25, 0.3) is 11.3 Å². The number of hydrogen-bond acceptors (Lipinski definition) is 4. The Morgan fingerprint density at radius 3 is 2.75 bits per heavy atom. The van der Waals surface area contributed by atoms with E-state index in [4.69, 9.17) is 9.47 Å². The molecule has 0 saturated heterocycles. The normalized spacial score (nSPS) is 17.9. The zero-order valence-electron chi connectivity index (χ0n) is 14.3. The summed E-state index contributed by atoms with van der Waals surface area (Å²) in [6.45, 7) is 2.28. The van der Waals surface area contributed by atoms with Gasteiger partial charge in [0, 0.05) is 43.4 Å². The molecule has 0 atom stereocenters. The fourth-order valence-corrected chi connectivity index (χ4v) is 3.60. The number of aromatic nitrogens is 2. The zero-order valence-corrected chi connectivity index (χ0v) is 14.3. The summed E-state index contributed by atoms with van der Waals surface area (Å²) in [5.74, 6) is 1.66. The van der Waals surface area contributed by atoms with E-state index in [1.807, 2.05) is 17.8 Å². The van der Waals surface area contributed by atoms with E-state index < -0.39 is 0 Å². The van der Waals surface area contributed by atoms with E-state index in [1.54, 1.807) is 0 Å². The number of hydrogen-bond donors (Lipinski definition) is 1. The molecule has 1 aliphatic heterocycles. The summed E-state index contributed by atoms with van der Waals surface area (Å²) < 4.78 is 13.4. The van der Waals surface area contributed by atoms with Crippen molar-refractivity contribution in [2.45, 2.75) is 44.7 Å². The number of fused-ring (bicyclic) bond motifs is 1. The quantitative estimate of drug-likeness (QED) is 0.936. The molecule has 4 rings (SSSR count). The average molecular weight is 327 g/mol. The van der Waals surface area contributed by atoms with E-state index in [9.17, 15) is 0 Å². The van der Waals surface area contributed by atoms with Gasteiger partial charge in [-0.05, 0) is 31.0 Å². The maximum absolute atomic E-state index is 5.82. The van der Waals surface area contributed by atoms with Crippen LogP contribution in [-0.2, 0) is 13.6 Å². The van der Waals surface area contributed by atoms with Gasteiger partial charge in [-0.25, -0.2) is 0 Å². The largest absolute Gasteiger partial charge is 0.490 e. The molecule has 0 radical (unpaired) electrons. The van der Waals surface area contributed by atoms with Crippen molar-refractivity contribution in [1.29, 1.82) is 0 Å². The van der Waals surface area contributed by atoms with Crippen LogP contribution >= 0.6 is 0 Å². The van der Waals surface area contributed by atoms with Gasteiger partial charge in [0.05, 0.1) is 18.9 Å². The molecule has 128 valence electrons. The second-order valence-electron chi connectivity index (χ2n) is 6.75. The maximum Gasteiger partial charge on any atom is 0.161 e. The molecule has 5 heteroatoms. The van der Waals surface area contributed by atoms with Gasteiger partial charge >= 0.3 is 0 Å². The van der Waals surface area contributed by atoms with Crippen molar-refractivity contribution in [2.75, 3.05) is 13.2 Å². The first-order valence-corrected chi connectivity index (χ1v) is 8.95. The minimum absolute atomic E-state index is 0.654. The number of rotatable bonds is 4. The van der Waals surface area contributed by atoms with Gasteiger partial charge in [0.25, 0.3) is 0 Å². The third-order valence-corrected chi connectivity index (χ3v) is 4.86. The first-order chi connectivity index (χ1) is 11.8. The number of nitrogens with zero attached hydrogens (tertiary/aromatic N) is 2. The molecule has 1 aliphatic carbocycles. The SMILES string of the molecule is Cn1cc(CNC2CCCC2)c(-c2ccc3c(c2)OCCCO3)n1. The minimum atomic E-state index is 0.654. The first kappa shape index (κ1) is 15.5. The van der Waals surface area contributed by atoms with Gasteiger partial charge in [-0.1, -0.05) is 12.8 Å². The second-order valence-corrected chi connectivity index (χ2v) is 6.75. The smallest absolute Gasteiger partial charge is 0.161 e. The van der Waals surface area contributed by atoms with Crippen LogP contribution in [0.3, 0.4) is 0 Å². The average Bonchev–Trinajstić information content (AvgIpc) is 3.16. The highest BCUT2D eigenvalue weighted by atomic mass is 16.5. The summed E-state index contributed by atoms with van der Waals surface area (Å²) >= 11 is 0. The van der Waals surface area contributed by atoms with Crippen molar-refractivity contribution in [3.63, 3.8) is 0 Å². The van der Waals surface area contributed by atoms with Crippen molar-refractivity contribution in [1.82, 2.24) is 15.1 Å². The van der Waals surface area contributed by atoms with Gasteiger partial charge in [-0.3, -0.25) is 4.68 Å². The van der Waals surface area contributed by atoms with Crippen LogP contribution in [0.2, 0.25) is 0 Å². The molecule has 24 heavy (non-hydrogen) atoms. The monoisotopic (exact) mass is 327 g/mol. The zero-order chi connectivity index (χ0) is 16.4. The fourth-order valence-electron chi connectivity index (χ4n) is 3.60. The Kier molecular flexibility index (Phi) is 4.43. The highest BCUT2D eigenvalue weighted by Gasteiger charge is 2.18. The standard InChI is InChI=1S/C19H25N3O2/c1-22-13-15(12-20-16-5-2-3-6-16)19(21-22)14-7-8-17-18(11-14)24-10-4-9-23-17/h7-8,11,13,16,20H,2-6,9-10,12H2,1H3. The van der Waals surface area contributed by atoms with Gasteiger partial charge < -0.3 is 14.8 Å². The number of ether oxygens (including phenoxy) is 2.